The lowest BCUT2D eigenvalue weighted by Gasteiger charge is -2.04. The molecule has 0 spiro atoms. The lowest BCUT2D eigenvalue weighted by atomic mass is 10.00. The highest BCUT2D eigenvalue weighted by Gasteiger charge is 2.18. The van der Waals surface area contributed by atoms with Gasteiger partial charge in [-0.1, -0.05) is 18.2 Å². The van der Waals surface area contributed by atoms with Gasteiger partial charge in [-0.3, -0.25) is 5.10 Å². The SMILES string of the molecule is CNCc1n[nH]c(C)c1-c1c(C)[nH]c2ccccc12. The molecule has 2 aromatic heterocycles. The predicted octanol–water partition coefficient (Wildman–Crippen LogP) is 2.89. The molecule has 0 fully saturated rings. The van der Waals surface area contributed by atoms with Crippen LogP contribution in [0.3, 0.4) is 0 Å². The minimum absolute atomic E-state index is 0.763. The van der Waals surface area contributed by atoms with Crippen molar-refractivity contribution in [1.82, 2.24) is 20.5 Å². The molecule has 0 amide bonds. The summed E-state index contributed by atoms with van der Waals surface area (Å²) in [5.74, 6) is 0. The number of hydrogen-bond acceptors (Lipinski definition) is 2. The molecule has 4 heteroatoms. The standard InChI is InChI=1S/C15H18N4/c1-9-14(11-6-4-5-7-12(11)17-9)15-10(2)18-19-13(15)8-16-3/h4-7,16-17H,8H2,1-3H3,(H,18,19). The zero-order chi connectivity index (χ0) is 13.4. The first-order valence-electron chi connectivity index (χ1n) is 6.48. The maximum Gasteiger partial charge on any atom is 0.0841 e. The minimum Gasteiger partial charge on any atom is -0.358 e. The Balaban J connectivity index is 2.30. The van der Waals surface area contributed by atoms with Gasteiger partial charge in [0.15, 0.2) is 0 Å². The van der Waals surface area contributed by atoms with Crippen LogP contribution in [0.1, 0.15) is 17.1 Å². The summed E-state index contributed by atoms with van der Waals surface area (Å²) in [7, 11) is 1.94. The fourth-order valence-corrected chi connectivity index (χ4v) is 2.71. The molecule has 3 N–H and O–H groups in total. The number of nitrogens with zero attached hydrogens (tertiary/aromatic N) is 1. The Kier molecular flexibility index (Phi) is 2.87. The minimum atomic E-state index is 0.763. The highest BCUT2D eigenvalue weighted by molar-refractivity contribution is 5.98. The molecule has 0 aliphatic rings. The van der Waals surface area contributed by atoms with Crippen molar-refractivity contribution >= 4 is 10.9 Å². The summed E-state index contributed by atoms with van der Waals surface area (Å²) in [6.07, 6.45) is 0. The molecule has 0 radical (unpaired) electrons. The molecule has 3 aromatic rings. The van der Waals surface area contributed by atoms with Gasteiger partial charge in [-0.25, -0.2) is 0 Å². The third-order valence-electron chi connectivity index (χ3n) is 3.51. The molecule has 0 saturated carbocycles. The summed E-state index contributed by atoms with van der Waals surface area (Å²) < 4.78 is 0. The van der Waals surface area contributed by atoms with E-state index in [1.54, 1.807) is 0 Å². The number of nitrogens with one attached hydrogen (secondary N) is 3. The second-order valence-corrected chi connectivity index (χ2v) is 4.87. The van der Waals surface area contributed by atoms with Crippen molar-refractivity contribution in [3.05, 3.63) is 41.3 Å². The van der Waals surface area contributed by atoms with Crippen molar-refractivity contribution in [3.8, 4) is 11.1 Å². The zero-order valence-electron chi connectivity index (χ0n) is 11.5. The van der Waals surface area contributed by atoms with Crippen LogP contribution in [-0.2, 0) is 6.54 Å². The van der Waals surface area contributed by atoms with E-state index in [9.17, 15) is 0 Å². The van der Waals surface area contributed by atoms with Crippen LogP contribution in [0.15, 0.2) is 24.3 Å². The number of aromatic amines is 2. The monoisotopic (exact) mass is 254 g/mol. The van der Waals surface area contributed by atoms with E-state index in [1.165, 1.54) is 27.7 Å². The van der Waals surface area contributed by atoms with Crippen LogP contribution >= 0.6 is 0 Å². The lowest BCUT2D eigenvalue weighted by molar-refractivity contribution is 0.785. The zero-order valence-corrected chi connectivity index (χ0v) is 11.5. The van der Waals surface area contributed by atoms with Gasteiger partial charge in [0, 0.05) is 40.0 Å². The van der Waals surface area contributed by atoms with Crippen molar-refractivity contribution in [2.75, 3.05) is 7.05 Å². The van der Waals surface area contributed by atoms with Gasteiger partial charge in [-0.2, -0.15) is 5.10 Å². The summed E-state index contributed by atoms with van der Waals surface area (Å²) in [6.45, 7) is 4.95. The first-order valence-corrected chi connectivity index (χ1v) is 6.48. The van der Waals surface area contributed by atoms with Gasteiger partial charge in [0.05, 0.1) is 5.69 Å². The summed E-state index contributed by atoms with van der Waals surface area (Å²) in [5.41, 5.74) is 7.00. The number of aromatic nitrogens is 3. The molecule has 19 heavy (non-hydrogen) atoms. The fourth-order valence-electron chi connectivity index (χ4n) is 2.71. The molecule has 0 saturated heterocycles. The van der Waals surface area contributed by atoms with Crippen LogP contribution in [0, 0.1) is 13.8 Å². The fraction of sp³-hybridized carbons (Fsp3) is 0.267. The van der Waals surface area contributed by atoms with Crippen molar-refractivity contribution in [2.45, 2.75) is 20.4 Å². The maximum atomic E-state index is 4.41. The molecule has 4 nitrogen and oxygen atoms in total. The average Bonchev–Trinajstić information content (AvgIpc) is 2.90. The molecule has 98 valence electrons. The second-order valence-electron chi connectivity index (χ2n) is 4.87. The molecule has 2 heterocycles. The van der Waals surface area contributed by atoms with Crippen molar-refractivity contribution in [3.63, 3.8) is 0 Å². The van der Waals surface area contributed by atoms with Crippen molar-refractivity contribution < 1.29 is 0 Å². The normalized spacial score (nSPS) is 11.3. The van der Waals surface area contributed by atoms with Crippen LogP contribution in [0.2, 0.25) is 0 Å². The number of rotatable bonds is 3. The van der Waals surface area contributed by atoms with E-state index in [4.69, 9.17) is 0 Å². The molecule has 0 aliphatic carbocycles. The van der Waals surface area contributed by atoms with Gasteiger partial charge in [-0.05, 0) is 27.0 Å². The highest BCUT2D eigenvalue weighted by atomic mass is 15.1. The molecule has 0 unspecified atom stereocenters. The average molecular weight is 254 g/mol. The molecule has 0 aliphatic heterocycles. The number of para-hydroxylation sites is 1. The van der Waals surface area contributed by atoms with Crippen LogP contribution in [0.4, 0.5) is 0 Å². The van der Waals surface area contributed by atoms with Crippen molar-refractivity contribution in [1.29, 1.82) is 0 Å². The van der Waals surface area contributed by atoms with E-state index in [-0.39, 0.29) is 0 Å². The smallest absolute Gasteiger partial charge is 0.0841 e. The number of H-pyrrole nitrogens is 2. The van der Waals surface area contributed by atoms with Gasteiger partial charge in [0.25, 0.3) is 0 Å². The van der Waals surface area contributed by atoms with Gasteiger partial charge in [-0.15, -0.1) is 0 Å². The van der Waals surface area contributed by atoms with Gasteiger partial charge < -0.3 is 10.3 Å². The van der Waals surface area contributed by atoms with E-state index in [0.717, 1.165) is 17.9 Å². The van der Waals surface area contributed by atoms with Crippen LogP contribution in [0.5, 0.6) is 0 Å². The number of benzene rings is 1. The van der Waals surface area contributed by atoms with Gasteiger partial charge in [0.1, 0.15) is 0 Å². The number of aryl methyl sites for hydroxylation is 2. The molecule has 3 rings (SSSR count). The Bertz CT molecular complexity index is 721. The predicted molar refractivity (Wildman–Crippen MR) is 78.1 cm³/mol. The lowest BCUT2D eigenvalue weighted by Crippen LogP contribution is -2.06. The van der Waals surface area contributed by atoms with E-state index < -0.39 is 0 Å². The second kappa shape index (κ2) is 4.55. The van der Waals surface area contributed by atoms with E-state index >= 15 is 0 Å². The molecule has 0 bridgehead atoms. The number of fused-ring (bicyclic) bond motifs is 1. The van der Waals surface area contributed by atoms with Crippen LogP contribution in [0.25, 0.3) is 22.0 Å². The molecular weight excluding hydrogens is 236 g/mol. The van der Waals surface area contributed by atoms with E-state index in [0.29, 0.717) is 0 Å². The molecule has 1 aromatic carbocycles. The Hall–Kier alpha value is -2.07. The molecular formula is C15H18N4. The summed E-state index contributed by atoms with van der Waals surface area (Å²) in [4.78, 5) is 3.45. The van der Waals surface area contributed by atoms with Crippen molar-refractivity contribution in [2.24, 2.45) is 0 Å². The van der Waals surface area contributed by atoms with Gasteiger partial charge in [0.2, 0.25) is 0 Å². The maximum absolute atomic E-state index is 4.41. The van der Waals surface area contributed by atoms with E-state index in [1.807, 2.05) is 7.05 Å². The topological polar surface area (TPSA) is 56.5 Å². The largest absolute Gasteiger partial charge is 0.358 e. The number of hydrogen-bond donors (Lipinski definition) is 3. The highest BCUT2D eigenvalue weighted by Crippen LogP contribution is 2.35. The first kappa shape index (κ1) is 12.0. The Morgan fingerprint density at radius 3 is 2.68 bits per heavy atom. The Morgan fingerprint density at radius 1 is 1.11 bits per heavy atom. The van der Waals surface area contributed by atoms with Gasteiger partial charge >= 0.3 is 0 Å². The summed E-state index contributed by atoms with van der Waals surface area (Å²) in [5, 5.41) is 11.9. The quantitative estimate of drug-likeness (QED) is 0.673. The third kappa shape index (κ3) is 1.85. The molecule has 0 atom stereocenters. The first-order chi connectivity index (χ1) is 9.22. The van der Waals surface area contributed by atoms with Crippen LogP contribution < -0.4 is 5.32 Å². The third-order valence-corrected chi connectivity index (χ3v) is 3.51. The Morgan fingerprint density at radius 2 is 1.89 bits per heavy atom. The van der Waals surface area contributed by atoms with E-state index in [2.05, 4.69) is 58.6 Å². The summed E-state index contributed by atoms with van der Waals surface area (Å²) >= 11 is 0. The Labute approximate surface area is 112 Å². The van der Waals surface area contributed by atoms with Crippen LogP contribution in [-0.4, -0.2) is 22.2 Å². The summed E-state index contributed by atoms with van der Waals surface area (Å²) in [6, 6.07) is 8.40.